The highest BCUT2D eigenvalue weighted by molar-refractivity contribution is 5.09. The molecule has 0 spiro atoms. The third kappa shape index (κ3) is 3.29. The molecule has 0 aliphatic heterocycles. The maximum atomic E-state index is 9.83. The van der Waals surface area contributed by atoms with Crippen LogP contribution in [0.2, 0.25) is 0 Å². The maximum Gasteiger partial charge on any atom is 0.0695 e. The predicted molar refractivity (Wildman–Crippen MR) is 64.0 cm³/mol. The van der Waals surface area contributed by atoms with Crippen LogP contribution in [0.4, 0.5) is 0 Å². The lowest BCUT2D eigenvalue weighted by atomic mass is 10.2. The minimum atomic E-state index is -0.158. The van der Waals surface area contributed by atoms with E-state index in [-0.39, 0.29) is 6.10 Å². The van der Waals surface area contributed by atoms with Gasteiger partial charge in [0.2, 0.25) is 0 Å². The van der Waals surface area contributed by atoms with Gasteiger partial charge in [0, 0.05) is 18.8 Å². The molecule has 88 valence electrons. The van der Waals surface area contributed by atoms with Gasteiger partial charge in [0.1, 0.15) is 0 Å². The number of aromatic nitrogens is 1. The van der Waals surface area contributed by atoms with Crippen LogP contribution in [0.5, 0.6) is 0 Å². The van der Waals surface area contributed by atoms with E-state index in [4.69, 9.17) is 0 Å². The van der Waals surface area contributed by atoms with Crippen molar-refractivity contribution in [3.8, 4) is 0 Å². The second-order valence-electron chi connectivity index (χ2n) is 4.87. The van der Waals surface area contributed by atoms with Crippen molar-refractivity contribution in [1.82, 2.24) is 9.88 Å². The summed E-state index contributed by atoms with van der Waals surface area (Å²) in [6, 6.07) is 6.07. The van der Waals surface area contributed by atoms with Crippen LogP contribution >= 0.6 is 0 Å². The largest absolute Gasteiger partial charge is 0.392 e. The molecule has 1 aromatic heterocycles. The highest BCUT2D eigenvalue weighted by Gasteiger charge is 2.30. The number of aryl methyl sites for hydroxylation is 1. The van der Waals surface area contributed by atoms with Gasteiger partial charge in [0.15, 0.2) is 0 Å². The first-order valence-corrected chi connectivity index (χ1v) is 5.94. The van der Waals surface area contributed by atoms with Crippen LogP contribution in [0.15, 0.2) is 18.2 Å². The Hall–Kier alpha value is -0.930. The molecule has 0 saturated heterocycles. The van der Waals surface area contributed by atoms with E-state index >= 15 is 0 Å². The summed E-state index contributed by atoms with van der Waals surface area (Å²) in [7, 11) is 2.04. The lowest BCUT2D eigenvalue weighted by molar-refractivity contribution is 0.104. The third-order valence-corrected chi connectivity index (χ3v) is 3.04. The number of hydrogen-bond donors (Lipinski definition) is 1. The van der Waals surface area contributed by atoms with E-state index in [1.165, 1.54) is 12.8 Å². The Morgan fingerprint density at radius 2 is 2.25 bits per heavy atom. The average Bonchev–Trinajstić information content (AvgIpc) is 2.99. The Morgan fingerprint density at radius 3 is 2.88 bits per heavy atom. The first-order valence-electron chi connectivity index (χ1n) is 5.94. The molecule has 2 rings (SSSR count). The Labute approximate surface area is 97.1 Å². The molecule has 1 aliphatic rings. The highest BCUT2D eigenvalue weighted by Crippen LogP contribution is 2.32. The Bertz CT molecular complexity index is 350. The number of nitrogens with zero attached hydrogens (tertiary/aromatic N) is 2. The van der Waals surface area contributed by atoms with Crippen molar-refractivity contribution in [2.75, 3.05) is 13.6 Å². The lowest BCUT2D eigenvalue weighted by Gasteiger charge is -2.20. The molecule has 0 bridgehead atoms. The number of aliphatic hydroxyl groups excluding tert-OH is 1. The van der Waals surface area contributed by atoms with E-state index in [2.05, 4.69) is 9.88 Å². The normalized spacial score (nSPS) is 17.8. The highest BCUT2D eigenvalue weighted by atomic mass is 16.3. The smallest absolute Gasteiger partial charge is 0.0695 e. The topological polar surface area (TPSA) is 36.4 Å². The summed E-state index contributed by atoms with van der Waals surface area (Å²) >= 11 is 0. The average molecular weight is 220 g/mol. The fraction of sp³-hybridized carbons (Fsp3) is 0.615. The second kappa shape index (κ2) is 4.93. The number of hydrogen-bond acceptors (Lipinski definition) is 3. The lowest BCUT2D eigenvalue weighted by Crippen LogP contribution is -2.30. The van der Waals surface area contributed by atoms with Gasteiger partial charge in [-0.25, -0.2) is 0 Å². The maximum absolute atomic E-state index is 9.83. The quantitative estimate of drug-likeness (QED) is 0.818. The number of likely N-dealkylation sites (N-methyl/N-ethyl adjacent to an activating group) is 1. The van der Waals surface area contributed by atoms with Crippen LogP contribution in [0, 0.1) is 12.8 Å². The van der Waals surface area contributed by atoms with Crippen molar-refractivity contribution < 1.29 is 5.11 Å². The molecule has 1 saturated carbocycles. The van der Waals surface area contributed by atoms with Crippen molar-refractivity contribution in [1.29, 1.82) is 0 Å². The van der Waals surface area contributed by atoms with Gasteiger partial charge < -0.3 is 5.11 Å². The third-order valence-electron chi connectivity index (χ3n) is 3.04. The molecule has 3 nitrogen and oxygen atoms in total. The van der Waals surface area contributed by atoms with Crippen LogP contribution < -0.4 is 0 Å². The van der Waals surface area contributed by atoms with E-state index < -0.39 is 0 Å². The zero-order valence-electron chi connectivity index (χ0n) is 10.1. The molecule has 1 atom stereocenters. The summed E-state index contributed by atoms with van der Waals surface area (Å²) in [4.78, 5) is 6.60. The van der Waals surface area contributed by atoms with Crippen molar-refractivity contribution in [2.45, 2.75) is 32.4 Å². The molecule has 0 aromatic carbocycles. The molecule has 1 N–H and O–H groups in total. The van der Waals surface area contributed by atoms with E-state index in [0.29, 0.717) is 5.92 Å². The second-order valence-corrected chi connectivity index (χ2v) is 4.87. The number of rotatable bonds is 5. The summed E-state index contributed by atoms with van der Waals surface area (Å²) < 4.78 is 0. The fourth-order valence-electron chi connectivity index (χ4n) is 1.98. The van der Waals surface area contributed by atoms with Crippen LogP contribution in [0.3, 0.4) is 0 Å². The molecule has 1 heterocycles. The molecule has 0 radical (unpaired) electrons. The van der Waals surface area contributed by atoms with Gasteiger partial charge in [0.05, 0.1) is 11.8 Å². The number of aliphatic hydroxyl groups is 1. The zero-order chi connectivity index (χ0) is 11.5. The monoisotopic (exact) mass is 220 g/mol. The van der Waals surface area contributed by atoms with Gasteiger partial charge in [-0.05, 0) is 44.9 Å². The minimum Gasteiger partial charge on any atom is -0.392 e. The predicted octanol–water partition coefficient (Wildman–Crippen LogP) is 1.59. The molecule has 3 heteroatoms. The summed E-state index contributed by atoms with van der Waals surface area (Å²) in [5, 5.41) is 9.83. The SMILES string of the molecule is Cc1cccc(CN(C)CC(O)C2CC2)n1. The molecule has 1 unspecified atom stereocenters. The Balaban J connectivity index is 1.83. The summed E-state index contributed by atoms with van der Waals surface area (Å²) in [5.41, 5.74) is 2.12. The van der Waals surface area contributed by atoms with Crippen LogP contribution in [-0.4, -0.2) is 34.7 Å². The van der Waals surface area contributed by atoms with E-state index in [1.54, 1.807) is 0 Å². The molecular formula is C13H20N2O. The molecule has 0 amide bonds. The summed E-state index contributed by atoms with van der Waals surface area (Å²) in [6.45, 7) is 3.56. The van der Waals surface area contributed by atoms with Crippen molar-refractivity contribution >= 4 is 0 Å². The fourth-order valence-corrected chi connectivity index (χ4v) is 1.98. The summed E-state index contributed by atoms with van der Waals surface area (Å²) in [5.74, 6) is 0.549. The molecule has 1 fully saturated rings. The zero-order valence-corrected chi connectivity index (χ0v) is 10.1. The van der Waals surface area contributed by atoms with E-state index in [0.717, 1.165) is 24.5 Å². The van der Waals surface area contributed by atoms with Gasteiger partial charge >= 0.3 is 0 Å². The van der Waals surface area contributed by atoms with Crippen molar-refractivity contribution in [3.05, 3.63) is 29.6 Å². The summed E-state index contributed by atoms with van der Waals surface area (Å²) in [6.07, 6.45) is 2.23. The van der Waals surface area contributed by atoms with Crippen molar-refractivity contribution in [3.63, 3.8) is 0 Å². The standard InChI is InChI=1S/C13H20N2O/c1-10-4-3-5-12(14-10)8-15(2)9-13(16)11-6-7-11/h3-5,11,13,16H,6-9H2,1-2H3. The molecule has 16 heavy (non-hydrogen) atoms. The first kappa shape index (κ1) is 11.6. The van der Waals surface area contributed by atoms with E-state index in [9.17, 15) is 5.11 Å². The first-order chi connectivity index (χ1) is 7.65. The van der Waals surface area contributed by atoms with Crippen LogP contribution in [-0.2, 0) is 6.54 Å². The van der Waals surface area contributed by atoms with Gasteiger partial charge in [-0.15, -0.1) is 0 Å². The van der Waals surface area contributed by atoms with Gasteiger partial charge in [-0.3, -0.25) is 9.88 Å². The Morgan fingerprint density at radius 1 is 1.50 bits per heavy atom. The van der Waals surface area contributed by atoms with Gasteiger partial charge in [-0.1, -0.05) is 6.07 Å². The van der Waals surface area contributed by atoms with Gasteiger partial charge in [-0.2, -0.15) is 0 Å². The van der Waals surface area contributed by atoms with E-state index in [1.807, 2.05) is 32.2 Å². The van der Waals surface area contributed by atoms with Gasteiger partial charge in [0.25, 0.3) is 0 Å². The van der Waals surface area contributed by atoms with Crippen LogP contribution in [0.1, 0.15) is 24.2 Å². The number of pyridine rings is 1. The van der Waals surface area contributed by atoms with Crippen molar-refractivity contribution in [2.24, 2.45) is 5.92 Å². The molecule has 1 aliphatic carbocycles. The van der Waals surface area contributed by atoms with Crippen LogP contribution in [0.25, 0.3) is 0 Å². The molecular weight excluding hydrogens is 200 g/mol. The minimum absolute atomic E-state index is 0.158. The molecule has 1 aromatic rings. The Kier molecular flexibility index (Phi) is 3.56.